The maximum absolute atomic E-state index is 12.6. The van der Waals surface area contributed by atoms with Crippen molar-refractivity contribution in [2.45, 2.75) is 19.4 Å². The molecule has 2 aromatic heterocycles. The summed E-state index contributed by atoms with van der Waals surface area (Å²) in [5.41, 5.74) is 3.20. The maximum Gasteiger partial charge on any atom is 0.247 e. The van der Waals surface area contributed by atoms with E-state index in [4.69, 9.17) is 0 Å². The molecule has 5 heteroatoms. The van der Waals surface area contributed by atoms with Gasteiger partial charge in [0.25, 0.3) is 0 Å². The number of hydrogen-bond acceptors (Lipinski definition) is 3. The third-order valence-corrected chi connectivity index (χ3v) is 5.60. The predicted octanol–water partition coefficient (Wildman–Crippen LogP) is 4.09. The fourth-order valence-corrected chi connectivity index (χ4v) is 4.18. The molecule has 1 aromatic carbocycles. The Bertz CT molecular complexity index is 910. The zero-order valence-corrected chi connectivity index (χ0v) is 14.8. The summed E-state index contributed by atoms with van der Waals surface area (Å²) >= 11 is 1.79. The van der Waals surface area contributed by atoms with Crippen LogP contribution in [0.5, 0.6) is 0 Å². The van der Waals surface area contributed by atoms with E-state index < -0.39 is 0 Å². The van der Waals surface area contributed by atoms with Crippen LogP contribution in [-0.4, -0.2) is 27.1 Å². The van der Waals surface area contributed by atoms with Crippen molar-refractivity contribution < 1.29 is 4.79 Å². The lowest BCUT2D eigenvalue weighted by Gasteiger charge is -2.32. The SMILES string of the molecule is C[C@@H]1c2ccsc2CCN1C(=O)/C=C/c1cnn(-c2ccccc2)c1. The summed E-state index contributed by atoms with van der Waals surface area (Å²) in [7, 11) is 0. The van der Waals surface area contributed by atoms with Crippen LogP contribution in [0.4, 0.5) is 0 Å². The van der Waals surface area contributed by atoms with Gasteiger partial charge in [-0.15, -0.1) is 11.3 Å². The summed E-state index contributed by atoms with van der Waals surface area (Å²) in [5.74, 6) is 0.0526. The van der Waals surface area contributed by atoms with E-state index in [0.29, 0.717) is 0 Å². The molecule has 1 aliphatic heterocycles. The molecule has 1 amide bonds. The lowest BCUT2D eigenvalue weighted by molar-refractivity contribution is -0.128. The number of rotatable bonds is 3. The first kappa shape index (κ1) is 15.8. The molecular weight excluding hydrogens is 330 g/mol. The van der Waals surface area contributed by atoms with Crippen LogP contribution >= 0.6 is 11.3 Å². The van der Waals surface area contributed by atoms with Gasteiger partial charge in [0, 0.05) is 29.3 Å². The van der Waals surface area contributed by atoms with Crippen LogP contribution in [0.25, 0.3) is 11.8 Å². The summed E-state index contributed by atoms with van der Waals surface area (Å²) in [6.07, 6.45) is 8.14. The van der Waals surface area contributed by atoms with E-state index in [-0.39, 0.29) is 11.9 Å². The molecule has 0 radical (unpaired) electrons. The van der Waals surface area contributed by atoms with Crippen LogP contribution in [0.3, 0.4) is 0 Å². The highest BCUT2D eigenvalue weighted by atomic mass is 32.1. The van der Waals surface area contributed by atoms with E-state index >= 15 is 0 Å². The zero-order chi connectivity index (χ0) is 17.2. The highest BCUT2D eigenvalue weighted by Gasteiger charge is 2.26. The van der Waals surface area contributed by atoms with Crippen LogP contribution in [-0.2, 0) is 11.2 Å². The monoisotopic (exact) mass is 349 g/mol. The molecule has 0 aliphatic carbocycles. The van der Waals surface area contributed by atoms with Crippen LogP contribution in [0, 0.1) is 0 Å². The third kappa shape index (κ3) is 3.15. The Morgan fingerprint density at radius 3 is 2.96 bits per heavy atom. The summed E-state index contributed by atoms with van der Waals surface area (Å²) < 4.78 is 1.81. The molecule has 25 heavy (non-hydrogen) atoms. The Morgan fingerprint density at radius 2 is 2.12 bits per heavy atom. The maximum atomic E-state index is 12.6. The smallest absolute Gasteiger partial charge is 0.247 e. The summed E-state index contributed by atoms with van der Waals surface area (Å²) in [6, 6.07) is 12.2. The lowest BCUT2D eigenvalue weighted by atomic mass is 10.0. The van der Waals surface area contributed by atoms with Gasteiger partial charge in [-0.3, -0.25) is 4.79 Å². The Kier molecular flexibility index (Phi) is 4.24. The van der Waals surface area contributed by atoms with Crippen molar-refractivity contribution in [3.8, 4) is 5.69 Å². The predicted molar refractivity (Wildman–Crippen MR) is 101 cm³/mol. The minimum absolute atomic E-state index is 0.0526. The number of thiophene rings is 1. The van der Waals surface area contributed by atoms with Crippen molar-refractivity contribution in [3.05, 3.63) is 76.3 Å². The minimum Gasteiger partial charge on any atom is -0.332 e. The second-order valence-corrected chi connectivity index (χ2v) is 7.14. The Hall–Kier alpha value is -2.66. The largest absolute Gasteiger partial charge is 0.332 e. The normalized spacial score (nSPS) is 17.0. The average Bonchev–Trinajstić information content (AvgIpc) is 3.30. The van der Waals surface area contributed by atoms with E-state index in [9.17, 15) is 4.79 Å². The Balaban J connectivity index is 1.47. The van der Waals surface area contributed by atoms with Crippen molar-refractivity contribution >= 4 is 23.3 Å². The van der Waals surface area contributed by atoms with Gasteiger partial charge in [-0.25, -0.2) is 4.68 Å². The van der Waals surface area contributed by atoms with Crippen LogP contribution in [0.15, 0.2) is 60.2 Å². The summed E-state index contributed by atoms with van der Waals surface area (Å²) in [6.45, 7) is 2.88. The van der Waals surface area contributed by atoms with Crippen LogP contribution < -0.4 is 0 Å². The van der Waals surface area contributed by atoms with E-state index in [0.717, 1.165) is 24.2 Å². The highest BCUT2D eigenvalue weighted by Crippen LogP contribution is 2.32. The molecule has 0 N–H and O–H groups in total. The van der Waals surface area contributed by atoms with E-state index in [1.807, 2.05) is 52.2 Å². The highest BCUT2D eigenvalue weighted by molar-refractivity contribution is 7.10. The van der Waals surface area contributed by atoms with Gasteiger partial charge < -0.3 is 4.90 Å². The molecule has 3 heterocycles. The first-order valence-corrected chi connectivity index (χ1v) is 9.25. The van der Waals surface area contributed by atoms with Crippen LogP contribution in [0.2, 0.25) is 0 Å². The van der Waals surface area contributed by atoms with Gasteiger partial charge in [0.2, 0.25) is 5.91 Å². The molecule has 1 atom stereocenters. The van der Waals surface area contributed by atoms with Crippen LogP contribution in [0.1, 0.15) is 29.0 Å². The Labute approximate surface area is 151 Å². The van der Waals surface area contributed by atoms with Gasteiger partial charge in [-0.05, 0) is 48.6 Å². The molecule has 0 fully saturated rings. The van der Waals surface area contributed by atoms with E-state index in [2.05, 4.69) is 23.5 Å². The second kappa shape index (κ2) is 6.69. The lowest BCUT2D eigenvalue weighted by Crippen LogP contribution is -2.37. The van der Waals surface area contributed by atoms with Crippen molar-refractivity contribution in [3.63, 3.8) is 0 Å². The topological polar surface area (TPSA) is 38.1 Å². The third-order valence-electron chi connectivity index (χ3n) is 4.60. The van der Waals surface area contributed by atoms with Gasteiger partial charge in [-0.2, -0.15) is 5.10 Å². The molecule has 1 aliphatic rings. The van der Waals surface area contributed by atoms with E-state index in [1.165, 1.54) is 10.4 Å². The molecule has 0 saturated carbocycles. The number of para-hydroxylation sites is 1. The number of carbonyl (C=O) groups excluding carboxylic acids is 1. The van der Waals surface area contributed by atoms with Gasteiger partial charge in [0.15, 0.2) is 0 Å². The molecule has 0 spiro atoms. The molecule has 3 aromatic rings. The number of nitrogens with zero attached hydrogens (tertiary/aromatic N) is 3. The molecular formula is C20H19N3OS. The van der Waals surface area contributed by atoms with Gasteiger partial charge in [0.1, 0.15) is 0 Å². The number of aromatic nitrogens is 2. The van der Waals surface area contributed by atoms with E-state index in [1.54, 1.807) is 23.6 Å². The quantitative estimate of drug-likeness (QED) is 0.668. The molecule has 0 unspecified atom stereocenters. The number of hydrogen-bond donors (Lipinski definition) is 0. The van der Waals surface area contributed by atoms with Crippen molar-refractivity contribution in [1.82, 2.24) is 14.7 Å². The standard InChI is InChI=1S/C20H19N3OS/c1-15-18-10-12-25-19(18)9-11-22(15)20(24)8-7-16-13-21-23(14-16)17-5-3-2-4-6-17/h2-8,10,12-15H,9,11H2,1H3/b8-7+/t15-/m1/s1. The van der Waals surface area contributed by atoms with Gasteiger partial charge >= 0.3 is 0 Å². The molecule has 0 saturated heterocycles. The number of fused-ring (bicyclic) bond motifs is 1. The first-order valence-electron chi connectivity index (χ1n) is 8.37. The molecule has 4 rings (SSSR count). The fourth-order valence-electron chi connectivity index (χ4n) is 3.22. The van der Waals surface area contributed by atoms with Gasteiger partial charge in [-0.1, -0.05) is 18.2 Å². The number of carbonyl (C=O) groups is 1. The number of amides is 1. The van der Waals surface area contributed by atoms with Crippen molar-refractivity contribution in [1.29, 1.82) is 0 Å². The zero-order valence-electron chi connectivity index (χ0n) is 14.0. The molecule has 0 bridgehead atoms. The van der Waals surface area contributed by atoms with Crippen molar-refractivity contribution in [2.24, 2.45) is 0 Å². The Morgan fingerprint density at radius 1 is 1.28 bits per heavy atom. The minimum atomic E-state index is 0.0526. The summed E-state index contributed by atoms with van der Waals surface area (Å²) in [5, 5.41) is 6.47. The number of benzene rings is 1. The van der Waals surface area contributed by atoms with Gasteiger partial charge in [0.05, 0.1) is 17.9 Å². The second-order valence-electron chi connectivity index (χ2n) is 6.14. The van der Waals surface area contributed by atoms with Crippen molar-refractivity contribution in [2.75, 3.05) is 6.54 Å². The molecule has 126 valence electrons. The average molecular weight is 349 g/mol. The molecule has 4 nitrogen and oxygen atoms in total. The first-order chi connectivity index (χ1) is 12.2. The fraction of sp³-hybridized carbons (Fsp3) is 0.200. The summed E-state index contributed by atoms with van der Waals surface area (Å²) in [4.78, 5) is 16.0.